The highest BCUT2D eigenvalue weighted by Crippen LogP contribution is 2.21. The predicted octanol–water partition coefficient (Wildman–Crippen LogP) is 3.49. The molecule has 0 aliphatic carbocycles. The van der Waals surface area contributed by atoms with E-state index in [1.807, 2.05) is 0 Å². The Morgan fingerprint density at radius 2 is 1.62 bits per heavy atom. The van der Waals surface area contributed by atoms with Gasteiger partial charge in [0.1, 0.15) is 6.61 Å². The lowest BCUT2D eigenvalue weighted by Gasteiger charge is -2.06. The van der Waals surface area contributed by atoms with Crippen molar-refractivity contribution in [3.63, 3.8) is 0 Å². The zero-order valence-electron chi connectivity index (χ0n) is 13.7. The highest BCUT2D eigenvalue weighted by molar-refractivity contribution is 7.85. The van der Waals surface area contributed by atoms with Crippen LogP contribution in [-0.4, -0.2) is 32.1 Å². The Labute approximate surface area is 151 Å². The number of nitrogens with one attached hydrogen (secondary N) is 1. The SMILES string of the molecule is C=CC(=O)OCCNc1ccc(/N=N/c2ccc(S(=O)(=O)O)cc2)cc1. The number of carbonyl (C=O) groups is 1. The van der Waals surface area contributed by atoms with Gasteiger partial charge in [-0.3, -0.25) is 4.55 Å². The topological polar surface area (TPSA) is 117 Å². The third kappa shape index (κ3) is 6.11. The largest absolute Gasteiger partial charge is 0.461 e. The first-order valence-corrected chi connectivity index (χ1v) is 8.95. The summed E-state index contributed by atoms with van der Waals surface area (Å²) in [5, 5.41) is 11.1. The second kappa shape index (κ2) is 8.88. The molecule has 2 aromatic rings. The summed E-state index contributed by atoms with van der Waals surface area (Å²) in [5.74, 6) is -0.466. The average Bonchev–Trinajstić information content (AvgIpc) is 2.64. The van der Waals surface area contributed by atoms with Gasteiger partial charge in [-0.05, 0) is 48.5 Å². The van der Waals surface area contributed by atoms with Gasteiger partial charge in [0, 0.05) is 18.3 Å². The van der Waals surface area contributed by atoms with Gasteiger partial charge in [0.05, 0.1) is 16.3 Å². The summed E-state index contributed by atoms with van der Waals surface area (Å²) in [7, 11) is -4.22. The molecule has 0 spiro atoms. The van der Waals surface area contributed by atoms with Crippen LogP contribution in [0.1, 0.15) is 0 Å². The summed E-state index contributed by atoms with van der Waals surface area (Å²) in [5.41, 5.74) is 1.88. The molecule has 0 saturated heterocycles. The first kappa shape index (κ1) is 19.3. The fourth-order valence-corrected chi connectivity index (χ4v) is 2.33. The first-order valence-electron chi connectivity index (χ1n) is 7.51. The van der Waals surface area contributed by atoms with Gasteiger partial charge in [0.15, 0.2) is 0 Å². The molecule has 0 unspecified atom stereocenters. The maximum Gasteiger partial charge on any atom is 0.330 e. The molecule has 0 fully saturated rings. The highest BCUT2D eigenvalue weighted by atomic mass is 32.2. The standard InChI is InChI=1S/C17H17N3O5S/c1-2-17(21)25-12-11-18-13-3-5-14(6-4-13)19-20-15-7-9-16(10-8-15)26(22,23)24/h2-10,18H,1,11-12H2,(H,22,23,24)/b20-19+. The molecule has 136 valence electrons. The Balaban J connectivity index is 1.89. The molecule has 8 nitrogen and oxygen atoms in total. The quantitative estimate of drug-likeness (QED) is 0.240. The molecule has 26 heavy (non-hydrogen) atoms. The normalized spacial score (nSPS) is 11.3. The number of hydrogen-bond acceptors (Lipinski definition) is 7. The Hall–Kier alpha value is -3.04. The highest BCUT2D eigenvalue weighted by Gasteiger charge is 2.08. The third-order valence-corrected chi connectivity index (χ3v) is 3.99. The van der Waals surface area contributed by atoms with E-state index in [0.717, 1.165) is 11.8 Å². The summed E-state index contributed by atoms with van der Waals surface area (Å²) < 4.78 is 35.7. The average molecular weight is 375 g/mol. The second-order valence-electron chi connectivity index (χ2n) is 5.01. The molecule has 0 aromatic heterocycles. The van der Waals surface area contributed by atoms with Crippen molar-refractivity contribution in [1.29, 1.82) is 0 Å². The zero-order valence-corrected chi connectivity index (χ0v) is 14.5. The van der Waals surface area contributed by atoms with Crippen LogP contribution in [0.4, 0.5) is 17.1 Å². The molecule has 2 N–H and O–H groups in total. The van der Waals surface area contributed by atoms with E-state index in [-0.39, 0.29) is 11.5 Å². The number of anilines is 1. The van der Waals surface area contributed by atoms with Crippen LogP contribution in [0, 0.1) is 0 Å². The fraction of sp³-hybridized carbons (Fsp3) is 0.118. The molecule has 0 radical (unpaired) electrons. The minimum atomic E-state index is -4.22. The zero-order chi connectivity index (χ0) is 19.0. The van der Waals surface area contributed by atoms with Gasteiger partial charge in [0.25, 0.3) is 10.1 Å². The lowest BCUT2D eigenvalue weighted by molar-refractivity contribution is -0.137. The van der Waals surface area contributed by atoms with E-state index in [9.17, 15) is 13.2 Å². The Morgan fingerprint density at radius 3 is 2.12 bits per heavy atom. The number of nitrogens with zero attached hydrogens (tertiary/aromatic N) is 2. The number of esters is 1. The summed E-state index contributed by atoms with van der Waals surface area (Å²) >= 11 is 0. The van der Waals surface area contributed by atoms with E-state index in [2.05, 4.69) is 22.1 Å². The summed E-state index contributed by atoms with van der Waals surface area (Å²) in [6.07, 6.45) is 1.11. The van der Waals surface area contributed by atoms with Gasteiger partial charge >= 0.3 is 5.97 Å². The number of azo groups is 1. The fourth-order valence-electron chi connectivity index (χ4n) is 1.85. The molecule has 0 aliphatic rings. The molecule has 0 saturated carbocycles. The Kier molecular flexibility index (Phi) is 6.59. The van der Waals surface area contributed by atoms with Crippen molar-refractivity contribution in [2.75, 3.05) is 18.5 Å². The van der Waals surface area contributed by atoms with Crippen molar-refractivity contribution in [2.45, 2.75) is 4.90 Å². The van der Waals surface area contributed by atoms with Crippen LogP contribution >= 0.6 is 0 Å². The Bertz CT molecular complexity index is 891. The number of hydrogen-bond donors (Lipinski definition) is 2. The smallest absolute Gasteiger partial charge is 0.330 e. The molecule has 0 amide bonds. The van der Waals surface area contributed by atoms with Gasteiger partial charge in [-0.15, -0.1) is 0 Å². The minimum absolute atomic E-state index is 0.203. The summed E-state index contributed by atoms with van der Waals surface area (Å²) in [4.78, 5) is 10.7. The predicted molar refractivity (Wildman–Crippen MR) is 96.5 cm³/mol. The van der Waals surface area contributed by atoms with Gasteiger partial charge in [-0.25, -0.2) is 4.79 Å². The molecule has 2 aromatic carbocycles. The second-order valence-corrected chi connectivity index (χ2v) is 6.44. The molecule has 2 rings (SSSR count). The molecular formula is C17H17N3O5S. The van der Waals surface area contributed by atoms with Crippen LogP contribution in [0.5, 0.6) is 0 Å². The number of benzene rings is 2. The van der Waals surface area contributed by atoms with E-state index in [4.69, 9.17) is 9.29 Å². The van der Waals surface area contributed by atoms with Crippen molar-refractivity contribution < 1.29 is 22.5 Å². The number of carbonyl (C=O) groups excluding carboxylic acids is 1. The van der Waals surface area contributed by atoms with Gasteiger partial charge in [0.2, 0.25) is 0 Å². The number of ether oxygens (including phenoxy) is 1. The minimum Gasteiger partial charge on any atom is -0.461 e. The van der Waals surface area contributed by atoms with E-state index < -0.39 is 16.1 Å². The van der Waals surface area contributed by atoms with E-state index in [1.165, 1.54) is 24.3 Å². The van der Waals surface area contributed by atoms with Gasteiger partial charge in [-0.2, -0.15) is 18.6 Å². The summed E-state index contributed by atoms with van der Waals surface area (Å²) in [6, 6.07) is 12.4. The van der Waals surface area contributed by atoms with Crippen LogP contribution in [0.3, 0.4) is 0 Å². The van der Waals surface area contributed by atoms with Gasteiger partial charge < -0.3 is 10.1 Å². The maximum absolute atomic E-state index is 11.0. The lowest BCUT2D eigenvalue weighted by atomic mass is 10.3. The van der Waals surface area contributed by atoms with Crippen LogP contribution < -0.4 is 5.32 Å². The van der Waals surface area contributed by atoms with E-state index >= 15 is 0 Å². The van der Waals surface area contributed by atoms with Crippen molar-refractivity contribution in [3.05, 3.63) is 61.2 Å². The molecule has 0 heterocycles. The molecular weight excluding hydrogens is 358 g/mol. The lowest BCUT2D eigenvalue weighted by Crippen LogP contribution is -2.12. The Morgan fingerprint density at radius 1 is 1.08 bits per heavy atom. The van der Waals surface area contributed by atoms with Crippen LogP contribution in [0.2, 0.25) is 0 Å². The van der Waals surface area contributed by atoms with Crippen LogP contribution in [0.15, 0.2) is 76.3 Å². The molecule has 9 heteroatoms. The van der Waals surface area contributed by atoms with Crippen molar-refractivity contribution in [1.82, 2.24) is 0 Å². The van der Waals surface area contributed by atoms with Crippen LogP contribution in [-0.2, 0) is 19.6 Å². The van der Waals surface area contributed by atoms with Crippen molar-refractivity contribution >= 4 is 33.1 Å². The van der Waals surface area contributed by atoms with E-state index in [0.29, 0.717) is 17.9 Å². The molecule has 0 bridgehead atoms. The van der Waals surface area contributed by atoms with Crippen LogP contribution in [0.25, 0.3) is 0 Å². The molecule has 0 aliphatic heterocycles. The van der Waals surface area contributed by atoms with E-state index in [1.54, 1.807) is 24.3 Å². The monoisotopic (exact) mass is 375 g/mol. The van der Waals surface area contributed by atoms with Gasteiger partial charge in [-0.1, -0.05) is 6.58 Å². The maximum atomic E-state index is 11.0. The third-order valence-electron chi connectivity index (χ3n) is 3.12. The van der Waals surface area contributed by atoms with Crippen molar-refractivity contribution in [3.8, 4) is 0 Å². The number of rotatable bonds is 8. The molecule has 0 atom stereocenters. The first-order chi connectivity index (χ1) is 12.4. The van der Waals surface area contributed by atoms with Crippen molar-refractivity contribution in [2.24, 2.45) is 10.2 Å². The summed E-state index contributed by atoms with van der Waals surface area (Å²) in [6.45, 7) is 4.00.